The van der Waals surface area contributed by atoms with Crippen molar-refractivity contribution >= 4 is 28.8 Å². The van der Waals surface area contributed by atoms with Gasteiger partial charge in [-0.25, -0.2) is 9.97 Å². The molecule has 0 spiro atoms. The first-order valence-corrected chi connectivity index (χ1v) is 9.48. The van der Waals surface area contributed by atoms with Crippen LogP contribution in [0.25, 0.3) is 11.2 Å². The first-order chi connectivity index (χ1) is 13.6. The summed E-state index contributed by atoms with van der Waals surface area (Å²) >= 11 is 0. The van der Waals surface area contributed by atoms with Crippen LogP contribution in [0, 0.1) is 0 Å². The standard InChI is InChI=1S/C19H26N6O3/c1-4-16(26)25-8-7-13(14(25)11-28-6-3)23-15-10-22-18-17(24-15)12(9-21-18)19(27)20-5-2/h4,9-10,13-14H,1,5-8,11H2,2-3H3,(H,20,27)(H,21,22)(H,23,24)/t13-,14?/m1/s1. The number of amides is 2. The van der Waals surface area contributed by atoms with Crippen LogP contribution in [0.15, 0.2) is 25.0 Å². The molecule has 1 aliphatic rings. The van der Waals surface area contributed by atoms with Gasteiger partial charge in [-0.05, 0) is 26.3 Å². The molecule has 1 fully saturated rings. The van der Waals surface area contributed by atoms with E-state index in [0.717, 1.165) is 6.42 Å². The molecule has 3 N–H and O–H groups in total. The van der Waals surface area contributed by atoms with Crippen molar-refractivity contribution in [3.63, 3.8) is 0 Å². The topological polar surface area (TPSA) is 112 Å². The average Bonchev–Trinajstić information content (AvgIpc) is 3.29. The van der Waals surface area contributed by atoms with Crippen molar-refractivity contribution in [3.05, 3.63) is 30.6 Å². The van der Waals surface area contributed by atoms with E-state index in [1.54, 1.807) is 17.3 Å². The smallest absolute Gasteiger partial charge is 0.255 e. The summed E-state index contributed by atoms with van der Waals surface area (Å²) in [5.74, 6) is 0.245. The van der Waals surface area contributed by atoms with Crippen molar-refractivity contribution in [1.82, 2.24) is 25.2 Å². The molecule has 2 aromatic heterocycles. The molecule has 28 heavy (non-hydrogen) atoms. The molecule has 9 heteroatoms. The van der Waals surface area contributed by atoms with Gasteiger partial charge in [-0.2, -0.15) is 0 Å². The molecular formula is C19H26N6O3. The number of fused-ring (bicyclic) bond motifs is 1. The first-order valence-electron chi connectivity index (χ1n) is 9.48. The van der Waals surface area contributed by atoms with Gasteiger partial charge in [0.2, 0.25) is 5.91 Å². The zero-order chi connectivity index (χ0) is 20.1. The molecule has 9 nitrogen and oxygen atoms in total. The summed E-state index contributed by atoms with van der Waals surface area (Å²) in [6, 6.07) is -0.161. The van der Waals surface area contributed by atoms with E-state index < -0.39 is 0 Å². The van der Waals surface area contributed by atoms with E-state index in [9.17, 15) is 9.59 Å². The van der Waals surface area contributed by atoms with E-state index in [-0.39, 0.29) is 23.9 Å². The van der Waals surface area contributed by atoms with Gasteiger partial charge in [0.25, 0.3) is 5.91 Å². The number of carbonyl (C=O) groups is 2. The number of aromatic amines is 1. The summed E-state index contributed by atoms with van der Waals surface area (Å²) in [5.41, 5.74) is 1.51. The van der Waals surface area contributed by atoms with Crippen LogP contribution in [-0.2, 0) is 9.53 Å². The quantitative estimate of drug-likeness (QED) is 0.590. The Balaban J connectivity index is 1.82. The van der Waals surface area contributed by atoms with Gasteiger partial charge in [-0.15, -0.1) is 0 Å². The highest BCUT2D eigenvalue weighted by Gasteiger charge is 2.36. The second-order valence-corrected chi connectivity index (χ2v) is 6.52. The molecular weight excluding hydrogens is 360 g/mol. The summed E-state index contributed by atoms with van der Waals surface area (Å²) in [6.45, 7) is 9.52. The molecule has 2 amide bonds. The fourth-order valence-corrected chi connectivity index (χ4v) is 3.44. The van der Waals surface area contributed by atoms with Crippen LogP contribution in [0.2, 0.25) is 0 Å². The van der Waals surface area contributed by atoms with Crippen LogP contribution < -0.4 is 10.6 Å². The number of nitrogens with one attached hydrogen (secondary N) is 3. The number of carbonyl (C=O) groups excluding carboxylic acids is 2. The van der Waals surface area contributed by atoms with Gasteiger partial charge in [0, 0.05) is 25.9 Å². The molecule has 0 saturated carbocycles. The molecule has 0 aromatic carbocycles. The van der Waals surface area contributed by atoms with E-state index in [0.29, 0.717) is 48.8 Å². The number of H-pyrrole nitrogens is 1. The third kappa shape index (κ3) is 3.99. The van der Waals surface area contributed by atoms with E-state index in [2.05, 4.69) is 32.2 Å². The SMILES string of the molecule is C=CC(=O)N1CC[C@@H](Nc2cnc3[nH]cc(C(=O)NCC)c3n2)C1COCC. The summed E-state index contributed by atoms with van der Waals surface area (Å²) in [4.78, 5) is 38.0. The maximum atomic E-state index is 12.2. The van der Waals surface area contributed by atoms with Crippen molar-refractivity contribution in [2.24, 2.45) is 0 Å². The van der Waals surface area contributed by atoms with Gasteiger partial charge in [0.15, 0.2) is 5.65 Å². The van der Waals surface area contributed by atoms with Crippen molar-refractivity contribution < 1.29 is 14.3 Å². The van der Waals surface area contributed by atoms with Gasteiger partial charge < -0.3 is 25.3 Å². The van der Waals surface area contributed by atoms with Crippen molar-refractivity contribution in [2.45, 2.75) is 32.4 Å². The molecule has 0 radical (unpaired) electrons. The second-order valence-electron chi connectivity index (χ2n) is 6.52. The largest absolute Gasteiger partial charge is 0.380 e. The van der Waals surface area contributed by atoms with Crippen LogP contribution >= 0.6 is 0 Å². The Morgan fingerprint density at radius 1 is 1.46 bits per heavy atom. The normalized spacial score (nSPS) is 19.0. The van der Waals surface area contributed by atoms with Gasteiger partial charge in [-0.1, -0.05) is 6.58 Å². The minimum absolute atomic E-state index is 0.0333. The second kappa shape index (κ2) is 8.83. The van der Waals surface area contributed by atoms with Gasteiger partial charge in [0.05, 0.1) is 30.5 Å². The maximum Gasteiger partial charge on any atom is 0.255 e. The highest BCUT2D eigenvalue weighted by molar-refractivity contribution is 6.04. The molecule has 2 atom stereocenters. The number of hydrogen-bond donors (Lipinski definition) is 3. The van der Waals surface area contributed by atoms with Crippen LogP contribution in [0.4, 0.5) is 5.82 Å². The molecule has 3 rings (SSSR count). The molecule has 3 heterocycles. The Morgan fingerprint density at radius 3 is 3.00 bits per heavy atom. The number of rotatable bonds is 8. The highest BCUT2D eigenvalue weighted by Crippen LogP contribution is 2.23. The minimum Gasteiger partial charge on any atom is -0.380 e. The number of anilines is 1. The van der Waals surface area contributed by atoms with E-state index in [1.807, 2.05) is 13.8 Å². The molecule has 0 aliphatic carbocycles. The van der Waals surface area contributed by atoms with Crippen LogP contribution in [0.3, 0.4) is 0 Å². The lowest BCUT2D eigenvalue weighted by atomic mass is 10.1. The number of ether oxygens (including phenoxy) is 1. The predicted octanol–water partition coefficient (Wildman–Crippen LogP) is 1.31. The molecule has 1 unspecified atom stereocenters. The van der Waals surface area contributed by atoms with Gasteiger partial charge >= 0.3 is 0 Å². The highest BCUT2D eigenvalue weighted by atomic mass is 16.5. The van der Waals surface area contributed by atoms with E-state index in [1.165, 1.54) is 6.08 Å². The molecule has 150 valence electrons. The Hall–Kier alpha value is -2.94. The lowest BCUT2D eigenvalue weighted by Crippen LogP contribution is -2.44. The lowest BCUT2D eigenvalue weighted by Gasteiger charge is -2.27. The summed E-state index contributed by atoms with van der Waals surface area (Å²) in [6.07, 6.45) is 5.31. The Kier molecular flexibility index (Phi) is 6.25. The van der Waals surface area contributed by atoms with E-state index >= 15 is 0 Å². The Bertz CT molecular complexity index is 864. The number of nitrogens with zero attached hydrogens (tertiary/aromatic N) is 3. The fraction of sp³-hybridized carbons (Fsp3) is 0.474. The number of hydrogen-bond acceptors (Lipinski definition) is 6. The zero-order valence-electron chi connectivity index (χ0n) is 16.2. The third-order valence-corrected chi connectivity index (χ3v) is 4.79. The van der Waals surface area contributed by atoms with Gasteiger partial charge in [0.1, 0.15) is 11.3 Å². The van der Waals surface area contributed by atoms with Crippen LogP contribution in [-0.4, -0.2) is 70.1 Å². The van der Waals surface area contributed by atoms with Crippen LogP contribution in [0.5, 0.6) is 0 Å². The minimum atomic E-state index is -0.196. The first kappa shape index (κ1) is 19.8. The monoisotopic (exact) mass is 386 g/mol. The fourth-order valence-electron chi connectivity index (χ4n) is 3.44. The van der Waals surface area contributed by atoms with Crippen molar-refractivity contribution in [2.75, 3.05) is 31.6 Å². The molecule has 1 aliphatic heterocycles. The van der Waals surface area contributed by atoms with Gasteiger partial charge in [-0.3, -0.25) is 9.59 Å². The van der Waals surface area contributed by atoms with Crippen molar-refractivity contribution in [3.8, 4) is 0 Å². The Labute approximate surface area is 163 Å². The number of likely N-dealkylation sites (tertiary alicyclic amines) is 1. The molecule has 2 aromatic rings. The maximum absolute atomic E-state index is 12.2. The predicted molar refractivity (Wildman–Crippen MR) is 106 cm³/mol. The Morgan fingerprint density at radius 2 is 2.29 bits per heavy atom. The lowest BCUT2D eigenvalue weighted by molar-refractivity contribution is -0.127. The number of aromatic nitrogens is 3. The summed E-state index contributed by atoms with van der Waals surface area (Å²) < 4.78 is 5.58. The molecule has 0 bridgehead atoms. The third-order valence-electron chi connectivity index (χ3n) is 4.79. The molecule has 1 saturated heterocycles. The summed E-state index contributed by atoms with van der Waals surface area (Å²) in [7, 11) is 0. The average molecular weight is 386 g/mol. The van der Waals surface area contributed by atoms with Crippen LogP contribution in [0.1, 0.15) is 30.6 Å². The summed E-state index contributed by atoms with van der Waals surface area (Å²) in [5, 5.41) is 6.13. The zero-order valence-corrected chi connectivity index (χ0v) is 16.2. The van der Waals surface area contributed by atoms with Crippen molar-refractivity contribution in [1.29, 1.82) is 0 Å². The van der Waals surface area contributed by atoms with E-state index in [4.69, 9.17) is 4.74 Å².